The fourth-order valence-corrected chi connectivity index (χ4v) is 8.04. The van der Waals surface area contributed by atoms with Crippen molar-refractivity contribution in [3.63, 3.8) is 0 Å². The highest BCUT2D eigenvalue weighted by Gasteiger charge is 2.49. The second-order valence-electron chi connectivity index (χ2n) is 8.38. The number of hydrogen-bond donors (Lipinski definition) is 3. The first kappa shape index (κ1) is 24.9. The molecular formula is C25H26N2O6S2. The maximum Gasteiger partial charge on any atom is 0.262 e. The Kier molecular flexibility index (Phi) is 7.54. The molecule has 1 atom stereocenters. The minimum absolute atomic E-state index is 0.00547. The van der Waals surface area contributed by atoms with E-state index in [0.717, 1.165) is 10.4 Å². The lowest BCUT2D eigenvalue weighted by atomic mass is 9.94. The van der Waals surface area contributed by atoms with Gasteiger partial charge < -0.3 is 10.1 Å². The number of ether oxygens (including phenoxy) is 1. The first-order chi connectivity index (χ1) is 16.8. The van der Waals surface area contributed by atoms with Crippen molar-refractivity contribution >= 4 is 38.7 Å². The highest BCUT2D eigenvalue weighted by atomic mass is 32.2. The zero-order chi connectivity index (χ0) is 24.9. The van der Waals surface area contributed by atoms with Crippen LogP contribution in [0, 0.1) is 0 Å². The van der Waals surface area contributed by atoms with E-state index in [1.165, 1.54) is 11.3 Å². The van der Waals surface area contributed by atoms with Gasteiger partial charge in [0.25, 0.3) is 5.91 Å². The average Bonchev–Trinajstić information content (AvgIpc) is 3.36. The van der Waals surface area contributed by atoms with Gasteiger partial charge >= 0.3 is 0 Å². The van der Waals surface area contributed by atoms with E-state index in [1.807, 2.05) is 30.3 Å². The van der Waals surface area contributed by atoms with Gasteiger partial charge in [0, 0.05) is 15.4 Å². The van der Waals surface area contributed by atoms with Crippen LogP contribution in [0.2, 0.25) is 0 Å². The average molecular weight is 515 g/mol. The van der Waals surface area contributed by atoms with E-state index in [2.05, 4.69) is 5.32 Å². The summed E-state index contributed by atoms with van der Waals surface area (Å²) in [5.41, 5.74) is 2.97. The van der Waals surface area contributed by atoms with Gasteiger partial charge in [0.15, 0.2) is 16.4 Å². The van der Waals surface area contributed by atoms with Crippen LogP contribution >= 0.6 is 11.3 Å². The summed E-state index contributed by atoms with van der Waals surface area (Å²) >= 11 is 1.30. The van der Waals surface area contributed by atoms with E-state index in [4.69, 9.17) is 9.94 Å². The summed E-state index contributed by atoms with van der Waals surface area (Å²) in [5.74, 6) is -0.428. The van der Waals surface area contributed by atoms with Gasteiger partial charge in [-0.25, -0.2) is 13.9 Å². The number of carbonyl (C=O) groups is 2. The molecule has 3 aromatic rings. The minimum atomic E-state index is -3.60. The molecule has 1 aliphatic rings. The van der Waals surface area contributed by atoms with Crippen LogP contribution in [0.4, 0.5) is 5.69 Å². The third kappa shape index (κ3) is 5.55. The largest absolute Gasteiger partial charge is 0.484 e. The fraction of sp³-hybridized carbons (Fsp3) is 0.280. The van der Waals surface area contributed by atoms with Crippen molar-refractivity contribution < 1.29 is 28.0 Å². The lowest BCUT2D eigenvalue weighted by Crippen LogP contribution is -2.43. The summed E-state index contributed by atoms with van der Waals surface area (Å²) < 4.78 is 30.4. The van der Waals surface area contributed by atoms with Crippen molar-refractivity contribution in [2.75, 3.05) is 17.7 Å². The second kappa shape index (κ2) is 10.6. The van der Waals surface area contributed by atoms with Gasteiger partial charge in [-0.2, -0.15) is 0 Å². The molecule has 35 heavy (non-hydrogen) atoms. The third-order valence-electron chi connectivity index (χ3n) is 6.01. The van der Waals surface area contributed by atoms with Crippen LogP contribution in [0.3, 0.4) is 0 Å². The molecule has 8 nitrogen and oxygen atoms in total. The maximum absolute atomic E-state index is 13.1. The number of para-hydroxylation sites is 1. The van der Waals surface area contributed by atoms with Crippen LogP contribution in [0.25, 0.3) is 10.4 Å². The highest BCUT2D eigenvalue weighted by Crippen LogP contribution is 2.47. The quantitative estimate of drug-likeness (QED) is 0.307. The Balaban J connectivity index is 1.53. The monoisotopic (exact) mass is 514 g/mol. The molecule has 2 aromatic carbocycles. The zero-order valence-electron chi connectivity index (χ0n) is 18.9. The Morgan fingerprint density at radius 2 is 1.80 bits per heavy atom. The van der Waals surface area contributed by atoms with E-state index in [0.29, 0.717) is 35.6 Å². The number of nitrogens with one attached hydrogen (secondary N) is 2. The molecular weight excluding hydrogens is 488 g/mol. The summed E-state index contributed by atoms with van der Waals surface area (Å²) in [4.78, 5) is 25.8. The molecule has 0 unspecified atom stereocenters. The van der Waals surface area contributed by atoms with Crippen LogP contribution in [-0.2, 0) is 24.2 Å². The Hall–Kier alpha value is -3.21. The molecule has 0 saturated carbocycles. The number of amides is 2. The van der Waals surface area contributed by atoms with Gasteiger partial charge in [-0.1, -0.05) is 36.8 Å². The Morgan fingerprint density at radius 3 is 2.54 bits per heavy atom. The van der Waals surface area contributed by atoms with Gasteiger partial charge in [0.1, 0.15) is 10.5 Å². The van der Waals surface area contributed by atoms with Crippen molar-refractivity contribution in [1.82, 2.24) is 5.48 Å². The van der Waals surface area contributed by atoms with Crippen molar-refractivity contribution in [3.8, 4) is 16.2 Å². The molecule has 3 N–H and O–H groups in total. The normalized spacial score (nSPS) is 19.0. The molecule has 1 aliphatic heterocycles. The number of hydroxylamine groups is 1. The standard InChI is InChI=1S/C25H26N2O6S2/c28-23(27-30)16-25(13-4-5-14-35(25,31)32)22-12-11-21(34-22)18-7-6-8-19(15-18)26-24(29)17-33-20-9-2-1-3-10-20/h1-3,6-12,15,30H,4-5,13-14,16-17H2,(H,26,29)(H,27,28)/t25-/m0/s1. The number of carbonyl (C=O) groups excluding carboxylic acids is 2. The molecule has 0 aliphatic carbocycles. The summed E-state index contributed by atoms with van der Waals surface area (Å²) in [7, 11) is -3.60. The first-order valence-corrected chi connectivity index (χ1v) is 13.6. The van der Waals surface area contributed by atoms with Crippen LogP contribution in [0.5, 0.6) is 5.75 Å². The van der Waals surface area contributed by atoms with Crippen molar-refractivity contribution in [1.29, 1.82) is 0 Å². The van der Waals surface area contributed by atoms with Gasteiger partial charge in [-0.15, -0.1) is 11.3 Å². The number of benzene rings is 2. The summed E-state index contributed by atoms with van der Waals surface area (Å²) in [6, 6.07) is 19.8. The molecule has 0 radical (unpaired) electrons. The Morgan fingerprint density at radius 1 is 1.00 bits per heavy atom. The molecule has 184 valence electrons. The van der Waals surface area contributed by atoms with Crippen LogP contribution < -0.4 is 15.5 Å². The highest BCUT2D eigenvalue weighted by molar-refractivity contribution is 7.92. The topological polar surface area (TPSA) is 122 Å². The van der Waals surface area contributed by atoms with Gasteiger partial charge in [0.05, 0.1) is 12.2 Å². The smallest absolute Gasteiger partial charge is 0.262 e. The molecule has 4 rings (SSSR count). The van der Waals surface area contributed by atoms with Crippen molar-refractivity contribution in [2.24, 2.45) is 0 Å². The lowest BCUT2D eigenvalue weighted by molar-refractivity contribution is -0.130. The van der Waals surface area contributed by atoms with Crippen LogP contribution in [-0.4, -0.2) is 37.8 Å². The Bertz CT molecular complexity index is 1310. The van der Waals surface area contributed by atoms with Gasteiger partial charge in [0.2, 0.25) is 5.91 Å². The zero-order valence-corrected chi connectivity index (χ0v) is 20.5. The van der Waals surface area contributed by atoms with Crippen molar-refractivity contribution in [2.45, 2.75) is 30.4 Å². The van der Waals surface area contributed by atoms with E-state index >= 15 is 0 Å². The summed E-state index contributed by atoms with van der Waals surface area (Å²) in [6.45, 7) is -0.134. The molecule has 1 aromatic heterocycles. The van der Waals surface area contributed by atoms with Gasteiger partial charge in [-0.3, -0.25) is 14.8 Å². The number of hydrogen-bond acceptors (Lipinski definition) is 7. The number of thiophene rings is 1. The predicted octanol–water partition coefficient (Wildman–Crippen LogP) is 4.12. The van der Waals surface area contributed by atoms with E-state index in [1.54, 1.807) is 41.9 Å². The van der Waals surface area contributed by atoms with Crippen molar-refractivity contribution in [3.05, 3.63) is 71.6 Å². The van der Waals surface area contributed by atoms with Crippen LogP contribution in [0.1, 0.15) is 30.6 Å². The number of anilines is 1. The SMILES string of the molecule is O=C(C[C@]1(c2ccc(-c3cccc(NC(=O)COc4ccccc4)c3)s2)CCCCS1(=O)=O)NO. The maximum atomic E-state index is 13.1. The Labute approximate surface area is 207 Å². The molecule has 10 heteroatoms. The minimum Gasteiger partial charge on any atom is -0.484 e. The van der Waals surface area contributed by atoms with Crippen LogP contribution in [0.15, 0.2) is 66.7 Å². The molecule has 2 heterocycles. The first-order valence-electron chi connectivity index (χ1n) is 11.2. The number of sulfone groups is 1. The fourth-order valence-electron chi connectivity index (χ4n) is 4.27. The molecule has 0 bridgehead atoms. The number of rotatable bonds is 8. The van der Waals surface area contributed by atoms with E-state index < -0.39 is 20.5 Å². The molecule has 0 spiro atoms. The third-order valence-corrected chi connectivity index (χ3v) is 10.1. The van der Waals surface area contributed by atoms with E-state index in [9.17, 15) is 18.0 Å². The lowest BCUT2D eigenvalue weighted by Gasteiger charge is -2.35. The second-order valence-corrected chi connectivity index (χ2v) is 11.9. The van der Waals surface area contributed by atoms with E-state index in [-0.39, 0.29) is 24.7 Å². The molecule has 1 saturated heterocycles. The molecule has 2 amide bonds. The predicted molar refractivity (Wildman–Crippen MR) is 134 cm³/mol. The van der Waals surface area contributed by atoms with Gasteiger partial charge in [-0.05, 0) is 54.8 Å². The molecule has 1 fully saturated rings. The summed E-state index contributed by atoms with van der Waals surface area (Å²) in [5, 5.41) is 11.9. The summed E-state index contributed by atoms with van der Waals surface area (Å²) in [6.07, 6.45) is 1.22.